The number of nitrogens with zero attached hydrogens (tertiary/aromatic N) is 4. The Labute approximate surface area is 256 Å². The zero-order chi connectivity index (χ0) is 31.9. The van der Waals surface area contributed by atoms with Crippen LogP contribution in [-0.4, -0.2) is 76.2 Å². The third kappa shape index (κ3) is 5.77. The van der Waals surface area contributed by atoms with Gasteiger partial charge in [0.1, 0.15) is 36.4 Å². The number of hydrogen-bond donors (Lipinski definition) is 2. The summed E-state index contributed by atoms with van der Waals surface area (Å²) in [6, 6.07) is 6.67. The van der Waals surface area contributed by atoms with E-state index in [1.54, 1.807) is 30.6 Å². The first-order valence-electron chi connectivity index (χ1n) is 14.6. The van der Waals surface area contributed by atoms with E-state index in [4.69, 9.17) is 4.74 Å². The molecule has 2 aliphatic heterocycles. The maximum atomic E-state index is 15.6. The summed E-state index contributed by atoms with van der Waals surface area (Å²) >= 11 is 0. The average molecular weight is 625 g/mol. The van der Waals surface area contributed by atoms with Crippen molar-refractivity contribution >= 4 is 23.8 Å². The monoisotopic (exact) mass is 624 g/mol. The van der Waals surface area contributed by atoms with Gasteiger partial charge in [-0.3, -0.25) is 24.0 Å². The number of alkyl halides is 1. The molecule has 14 heteroatoms. The lowest BCUT2D eigenvalue weighted by atomic mass is 9.90. The Morgan fingerprint density at radius 3 is 2.53 bits per heavy atom. The van der Waals surface area contributed by atoms with Crippen molar-refractivity contribution in [3.63, 3.8) is 0 Å². The van der Waals surface area contributed by atoms with Crippen LogP contribution in [0.4, 0.5) is 18.0 Å². The van der Waals surface area contributed by atoms with Gasteiger partial charge in [0.2, 0.25) is 11.8 Å². The van der Waals surface area contributed by atoms with Crippen LogP contribution >= 0.6 is 0 Å². The molecule has 3 aliphatic rings. The second-order valence-corrected chi connectivity index (χ2v) is 11.4. The van der Waals surface area contributed by atoms with Crippen molar-refractivity contribution in [2.24, 2.45) is 0 Å². The highest BCUT2D eigenvalue weighted by Gasteiger charge is 2.58. The number of amides is 5. The molecular weight excluding hydrogens is 593 g/mol. The maximum Gasteiger partial charge on any atom is 0.325 e. The lowest BCUT2D eigenvalue weighted by Crippen LogP contribution is -2.49. The molecule has 2 aromatic carbocycles. The summed E-state index contributed by atoms with van der Waals surface area (Å²) < 4.78 is 50.3. The average Bonchev–Trinajstić information content (AvgIpc) is 3.66. The van der Waals surface area contributed by atoms with Crippen molar-refractivity contribution < 1.29 is 37.1 Å². The van der Waals surface area contributed by atoms with Crippen LogP contribution in [0, 0.1) is 11.6 Å². The van der Waals surface area contributed by atoms with E-state index in [1.807, 2.05) is 0 Å². The molecule has 1 aliphatic carbocycles. The van der Waals surface area contributed by atoms with Gasteiger partial charge in [0.05, 0.1) is 6.20 Å². The zero-order valence-corrected chi connectivity index (χ0v) is 24.4. The van der Waals surface area contributed by atoms with Crippen LogP contribution in [0.2, 0.25) is 0 Å². The SMILES string of the molecule is CNC(=O)Cn1cc(-c2ccc3c(c2)[C@H](F)C[C@]32NC(=O)N(CC(=O)N(Cc3cc(F)cc(F)c3)C3CCOCC3)C2=O)cn1. The molecule has 1 aromatic heterocycles. The second kappa shape index (κ2) is 12.0. The number of rotatable bonds is 8. The second-order valence-electron chi connectivity index (χ2n) is 11.4. The number of nitrogens with one attached hydrogen (secondary N) is 2. The smallest absolute Gasteiger partial charge is 0.325 e. The molecule has 236 valence electrons. The highest BCUT2D eigenvalue weighted by Crippen LogP contribution is 2.49. The molecular formula is C31H31F3N6O5. The van der Waals surface area contributed by atoms with Crippen LogP contribution in [0.5, 0.6) is 0 Å². The van der Waals surface area contributed by atoms with Gasteiger partial charge in [-0.2, -0.15) is 5.10 Å². The molecule has 0 bridgehead atoms. The Bertz CT molecular complexity index is 1650. The van der Waals surface area contributed by atoms with Crippen LogP contribution in [0.25, 0.3) is 11.1 Å². The van der Waals surface area contributed by atoms with Gasteiger partial charge < -0.3 is 20.3 Å². The summed E-state index contributed by atoms with van der Waals surface area (Å²) in [4.78, 5) is 54.6. The summed E-state index contributed by atoms with van der Waals surface area (Å²) in [7, 11) is 1.52. The van der Waals surface area contributed by atoms with E-state index in [9.17, 15) is 28.0 Å². The van der Waals surface area contributed by atoms with E-state index in [2.05, 4.69) is 15.7 Å². The van der Waals surface area contributed by atoms with Crippen LogP contribution in [0.1, 0.15) is 42.1 Å². The largest absolute Gasteiger partial charge is 0.381 e. The van der Waals surface area contributed by atoms with Gasteiger partial charge in [0.15, 0.2) is 0 Å². The van der Waals surface area contributed by atoms with Crippen molar-refractivity contribution in [3.8, 4) is 11.1 Å². The molecule has 5 amide bonds. The first-order valence-corrected chi connectivity index (χ1v) is 14.6. The minimum atomic E-state index is -1.69. The Balaban J connectivity index is 1.23. The molecule has 0 radical (unpaired) electrons. The van der Waals surface area contributed by atoms with Crippen molar-refractivity contribution in [2.45, 2.75) is 50.1 Å². The molecule has 3 heterocycles. The highest BCUT2D eigenvalue weighted by atomic mass is 19.1. The van der Waals surface area contributed by atoms with E-state index >= 15 is 4.39 Å². The molecule has 6 rings (SSSR count). The molecule has 3 aromatic rings. The Morgan fingerprint density at radius 1 is 1.09 bits per heavy atom. The number of halogens is 3. The number of likely N-dealkylation sites (N-methyl/N-ethyl adjacent to an activating group) is 1. The predicted molar refractivity (Wildman–Crippen MR) is 153 cm³/mol. The number of hydrogen-bond acceptors (Lipinski definition) is 6. The normalized spacial score (nSPS) is 21.2. The van der Waals surface area contributed by atoms with Crippen LogP contribution < -0.4 is 10.6 Å². The van der Waals surface area contributed by atoms with E-state index < -0.39 is 47.7 Å². The number of aromatic nitrogens is 2. The molecule has 1 spiro atoms. The summed E-state index contributed by atoms with van der Waals surface area (Å²) in [5.74, 6) is -3.16. The number of fused-ring (bicyclic) bond motifs is 2. The Kier molecular flexibility index (Phi) is 8.08. The predicted octanol–water partition coefficient (Wildman–Crippen LogP) is 2.94. The van der Waals surface area contributed by atoms with Crippen molar-refractivity contribution in [2.75, 3.05) is 26.8 Å². The topological polar surface area (TPSA) is 126 Å². The number of benzene rings is 2. The lowest BCUT2D eigenvalue weighted by molar-refractivity contribution is -0.142. The summed E-state index contributed by atoms with van der Waals surface area (Å²) in [6.07, 6.45) is 2.20. The van der Waals surface area contributed by atoms with Gasteiger partial charge in [-0.25, -0.2) is 18.0 Å². The fourth-order valence-electron chi connectivity index (χ4n) is 6.34. The van der Waals surface area contributed by atoms with Gasteiger partial charge in [-0.15, -0.1) is 0 Å². The van der Waals surface area contributed by atoms with Crippen molar-refractivity contribution in [1.82, 2.24) is 30.2 Å². The number of carbonyl (C=O) groups is 4. The molecule has 2 saturated heterocycles. The first kappa shape index (κ1) is 30.3. The van der Waals surface area contributed by atoms with E-state index in [0.717, 1.165) is 23.1 Å². The van der Waals surface area contributed by atoms with Gasteiger partial charge in [-0.1, -0.05) is 12.1 Å². The van der Waals surface area contributed by atoms with Gasteiger partial charge in [-0.05, 0) is 53.3 Å². The van der Waals surface area contributed by atoms with Crippen LogP contribution in [-0.2, 0) is 37.7 Å². The summed E-state index contributed by atoms with van der Waals surface area (Å²) in [5, 5.41) is 9.33. The Hall–Kier alpha value is -4.72. The number of urea groups is 1. The fraction of sp³-hybridized carbons (Fsp3) is 0.387. The molecule has 45 heavy (non-hydrogen) atoms. The van der Waals surface area contributed by atoms with Crippen LogP contribution in [0.3, 0.4) is 0 Å². The molecule has 2 N–H and O–H groups in total. The number of carbonyl (C=O) groups excluding carboxylic acids is 4. The summed E-state index contributed by atoms with van der Waals surface area (Å²) in [6.45, 7) is 0.00515. The minimum Gasteiger partial charge on any atom is -0.381 e. The maximum absolute atomic E-state index is 15.6. The highest BCUT2D eigenvalue weighted by molar-refractivity contribution is 6.10. The first-order chi connectivity index (χ1) is 21.6. The molecule has 11 nitrogen and oxygen atoms in total. The van der Waals surface area contributed by atoms with E-state index in [0.29, 0.717) is 42.7 Å². The van der Waals surface area contributed by atoms with E-state index in [1.165, 1.54) is 16.6 Å². The standard InChI is InChI=1S/C31H31F3N6O5/c1-35-27(41)16-38-15-20(13-36-38)19-2-3-25-24(10-19)26(34)12-31(25)29(43)40(30(44)37-31)17-28(42)39(23-4-6-45-7-5-23)14-18-8-21(32)11-22(33)9-18/h2-3,8-11,13,15,23,26H,4-7,12,14,16-17H2,1H3,(H,35,41)(H,37,44)/t26-,31+/m1/s1. The fourth-order valence-corrected chi connectivity index (χ4v) is 6.34. The Morgan fingerprint density at radius 2 is 1.82 bits per heavy atom. The van der Waals surface area contributed by atoms with Crippen molar-refractivity contribution in [3.05, 3.63) is 77.1 Å². The van der Waals surface area contributed by atoms with Gasteiger partial charge >= 0.3 is 6.03 Å². The third-order valence-corrected chi connectivity index (χ3v) is 8.58. The van der Waals surface area contributed by atoms with Gasteiger partial charge in [0.25, 0.3) is 5.91 Å². The molecule has 2 atom stereocenters. The van der Waals surface area contributed by atoms with Crippen LogP contribution in [0.15, 0.2) is 48.8 Å². The lowest BCUT2D eigenvalue weighted by Gasteiger charge is -2.35. The summed E-state index contributed by atoms with van der Waals surface area (Å²) in [5.41, 5.74) is 0.299. The molecule has 2 fully saturated rings. The third-order valence-electron chi connectivity index (χ3n) is 8.58. The molecule has 0 saturated carbocycles. The minimum absolute atomic E-state index is 0.0104. The number of imide groups is 1. The zero-order valence-electron chi connectivity index (χ0n) is 24.4. The van der Waals surface area contributed by atoms with Crippen molar-refractivity contribution in [1.29, 1.82) is 0 Å². The molecule has 0 unspecified atom stereocenters. The quantitative estimate of drug-likeness (QED) is 0.372. The number of ether oxygens (including phenoxy) is 1. The van der Waals surface area contributed by atoms with E-state index in [-0.39, 0.29) is 42.6 Å². The van der Waals surface area contributed by atoms with Gasteiger partial charge in [0, 0.05) is 57.1 Å².